The Hall–Kier alpha value is -3.05. The van der Waals surface area contributed by atoms with Gasteiger partial charge in [-0.25, -0.2) is 13.4 Å². The highest BCUT2D eigenvalue weighted by Gasteiger charge is 2.33. The van der Waals surface area contributed by atoms with E-state index in [1.165, 1.54) is 16.4 Å². The Bertz CT molecular complexity index is 1180. The van der Waals surface area contributed by atoms with Crippen LogP contribution in [-0.4, -0.2) is 54.0 Å². The quantitative estimate of drug-likeness (QED) is 0.468. The number of aryl methyl sites for hydroxylation is 2. The Balaban J connectivity index is 1.52. The summed E-state index contributed by atoms with van der Waals surface area (Å²) < 4.78 is 32.3. The van der Waals surface area contributed by atoms with Gasteiger partial charge >= 0.3 is 0 Å². The van der Waals surface area contributed by atoms with Crippen molar-refractivity contribution in [1.29, 1.82) is 0 Å². The van der Waals surface area contributed by atoms with Crippen LogP contribution in [0.5, 0.6) is 0 Å². The van der Waals surface area contributed by atoms with E-state index in [9.17, 15) is 18.5 Å². The molecule has 10 nitrogen and oxygen atoms in total. The molecular formula is C18H19N5O5S. The molecule has 3 heterocycles. The summed E-state index contributed by atoms with van der Waals surface area (Å²) >= 11 is 0. The van der Waals surface area contributed by atoms with E-state index in [-0.39, 0.29) is 16.3 Å². The summed E-state index contributed by atoms with van der Waals surface area (Å²) in [4.78, 5) is 17.2. The molecule has 3 aromatic rings. The maximum absolute atomic E-state index is 12.9. The summed E-state index contributed by atoms with van der Waals surface area (Å²) in [7, 11) is -3.67. The SMILES string of the molecule is Cc1noc(C)c1S(=O)(=O)N1CCN(c2ccc3cc([N+](=O)[O-])ccc3n2)CC1. The fourth-order valence-corrected chi connectivity index (χ4v) is 5.23. The van der Waals surface area contributed by atoms with Crippen LogP contribution in [0.4, 0.5) is 11.5 Å². The van der Waals surface area contributed by atoms with Gasteiger partial charge in [-0.2, -0.15) is 4.31 Å². The van der Waals surface area contributed by atoms with Crippen LogP contribution in [0.15, 0.2) is 39.8 Å². The van der Waals surface area contributed by atoms with Crippen molar-refractivity contribution in [1.82, 2.24) is 14.4 Å². The van der Waals surface area contributed by atoms with Crippen molar-refractivity contribution in [2.24, 2.45) is 0 Å². The van der Waals surface area contributed by atoms with Crippen molar-refractivity contribution in [3.8, 4) is 0 Å². The third-order valence-corrected chi connectivity index (χ3v) is 7.14. The second-order valence-corrected chi connectivity index (χ2v) is 8.72. The minimum absolute atomic E-state index is 0.0187. The van der Waals surface area contributed by atoms with E-state index in [1.54, 1.807) is 32.0 Å². The van der Waals surface area contributed by atoms with Crippen molar-refractivity contribution in [2.45, 2.75) is 18.7 Å². The number of nitro groups is 1. The van der Waals surface area contributed by atoms with Crippen LogP contribution in [0.3, 0.4) is 0 Å². The number of hydrogen-bond acceptors (Lipinski definition) is 8. The van der Waals surface area contributed by atoms with Crippen LogP contribution in [0, 0.1) is 24.0 Å². The number of nitrogens with zero attached hydrogens (tertiary/aromatic N) is 5. The van der Waals surface area contributed by atoms with Gasteiger partial charge in [-0.3, -0.25) is 10.1 Å². The monoisotopic (exact) mass is 417 g/mol. The fourth-order valence-electron chi connectivity index (χ4n) is 3.52. The van der Waals surface area contributed by atoms with Crippen molar-refractivity contribution in [3.05, 3.63) is 51.9 Å². The summed E-state index contributed by atoms with van der Waals surface area (Å²) in [5.41, 5.74) is 1.03. The third-order valence-electron chi connectivity index (χ3n) is 5.00. The second-order valence-electron chi connectivity index (χ2n) is 6.85. The number of hydrogen-bond donors (Lipinski definition) is 0. The smallest absolute Gasteiger partial charge is 0.270 e. The van der Waals surface area contributed by atoms with Gasteiger partial charge in [-0.05, 0) is 32.0 Å². The van der Waals surface area contributed by atoms with E-state index < -0.39 is 14.9 Å². The molecule has 0 atom stereocenters. The molecule has 1 saturated heterocycles. The molecule has 29 heavy (non-hydrogen) atoms. The maximum atomic E-state index is 12.9. The van der Waals surface area contributed by atoms with E-state index in [2.05, 4.69) is 10.1 Å². The van der Waals surface area contributed by atoms with Crippen molar-refractivity contribution in [3.63, 3.8) is 0 Å². The van der Waals surface area contributed by atoms with Crippen molar-refractivity contribution >= 4 is 32.4 Å². The van der Waals surface area contributed by atoms with Gasteiger partial charge in [-0.15, -0.1) is 0 Å². The van der Waals surface area contributed by atoms with Crippen LogP contribution < -0.4 is 4.90 Å². The van der Waals surface area contributed by atoms with Crippen molar-refractivity contribution in [2.75, 3.05) is 31.1 Å². The molecule has 1 aromatic carbocycles. The third kappa shape index (κ3) is 3.42. The van der Waals surface area contributed by atoms with E-state index in [0.717, 1.165) is 0 Å². The van der Waals surface area contributed by atoms with E-state index in [0.29, 0.717) is 48.6 Å². The highest BCUT2D eigenvalue weighted by Crippen LogP contribution is 2.26. The number of aromatic nitrogens is 2. The lowest BCUT2D eigenvalue weighted by atomic mass is 10.2. The lowest BCUT2D eigenvalue weighted by Crippen LogP contribution is -2.49. The first kappa shape index (κ1) is 19.3. The van der Waals surface area contributed by atoms with Crippen LogP contribution in [0.25, 0.3) is 10.9 Å². The molecule has 0 spiro atoms. The van der Waals surface area contributed by atoms with Gasteiger partial charge in [0.1, 0.15) is 16.4 Å². The molecule has 11 heteroatoms. The number of piperazine rings is 1. The summed E-state index contributed by atoms with van der Waals surface area (Å²) in [6, 6.07) is 8.12. The number of rotatable bonds is 4. The average Bonchev–Trinajstić information content (AvgIpc) is 3.06. The van der Waals surface area contributed by atoms with Gasteiger partial charge < -0.3 is 9.42 Å². The zero-order valence-corrected chi connectivity index (χ0v) is 16.7. The molecule has 0 aliphatic carbocycles. The van der Waals surface area contributed by atoms with Crippen LogP contribution in [0.2, 0.25) is 0 Å². The lowest BCUT2D eigenvalue weighted by molar-refractivity contribution is -0.384. The zero-order chi connectivity index (χ0) is 20.8. The summed E-state index contributed by atoms with van der Waals surface area (Å²) in [5.74, 6) is 0.996. The topological polar surface area (TPSA) is 123 Å². The molecule has 1 fully saturated rings. The zero-order valence-electron chi connectivity index (χ0n) is 15.9. The molecule has 0 radical (unpaired) electrons. The molecule has 2 aromatic heterocycles. The molecule has 1 aliphatic rings. The lowest BCUT2D eigenvalue weighted by Gasteiger charge is -2.34. The number of nitro benzene ring substituents is 1. The summed E-state index contributed by atoms with van der Waals surface area (Å²) in [6.07, 6.45) is 0. The van der Waals surface area contributed by atoms with Crippen LogP contribution in [-0.2, 0) is 10.0 Å². The first-order chi connectivity index (χ1) is 13.8. The number of non-ortho nitro benzene ring substituents is 1. The fraction of sp³-hybridized carbons (Fsp3) is 0.333. The van der Waals surface area contributed by atoms with Crippen LogP contribution >= 0.6 is 0 Å². The van der Waals surface area contributed by atoms with Crippen molar-refractivity contribution < 1.29 is 17.9 Å². The maximum Gasteiger partial charge on any atom is 0.270 e. The van der Waals surface area contributed by atoms with Gasteiger partial charge in [0.05, 0.1) is 10.4 Å². The van der Waals surface area contributed by atoms with E-state index >= 15 is 0 Å². The van der Waals surface area contributed by atoms with Gasteiger partial charge in [0.2, 0.25) is 10.0 Å². The summed E-state index contributed by atoms with van der Waals surface area (Å²) in [5, 5.41) is 15.3. The van der Waals surface area contributed by atoms with E-state index in [1.807, 2.05) is 4.90 Å². The normalized spacial score (nSPS) is 15.7. The Morgan fingerprint density at radius 3 is 2.45 bits per heavy atom. The number of fused-ring (bicyclic) bond motifs is 1. The minimum Gasteiger partial charge on any atom is -0.360 e. The highest BCUT2D eigenvalue weighted by molar-refractivity contribution is 7.89. The highest BCUT2D eigenvalue weighted by atomic mass is 32.2. The Labute approximate surface area is 166 Å². The Kier molecular flexibility index (Phi) is 4.71. The molecule has 0 saturated carbocycles. The molecular weight excluding hydrogens is 398 g/mol. The van der Waals surface area contributed by atoms with Gasteiger partial charge in [0.25, 0.3) is 5.69 Å². The molecule has 0 amide bonds. The first-order valence-corrected chi connectivity index (χ1v) is 10.4. The molecule has 152 valence electrons. The number of pyridine rings is 1. The van der Waals surface area contributed by atoms with Gasteiger partial charge in [0, 0.05) is 43.7 Å². The number of benzene rings is 1. The molecule has 0 unspecified atom stereocenters. The summed E-state index contributed by atoms with van der Waals surface area (Å²) in [6.45, 7) is 4.79. The standard InChI is InChI=1S/C18H19N5O5S/c1-12-18(13(2)28-20-12)29(26,27)22-9-7-21(8-10-22)17-6-3-14-11-15(23(24)25)4-5-16(14)19-17/h3-6,11H,7-10H2,1-2H3. The Morgan fingerprint density at radius 1 is 1.10 bits per heavy atom. The predicted octanol–water partition coefficient (Wildman–Crippen LogP) is 2.26. The molecule has 1 aliphatic heterocycles. The molecule has 0 bridgehead atoms. The first-order valence-electron chi connectivity index (χ1n) is 9.00. The number of sulfonamides is 1. The van der Waals surface area contributed by atoms with Crippen LogP contribution in [0.1, 0.15) is 11.5 Å². The van der Waals surface area contributed by atoms with E-state index in [4.69, 9.17) is 4.52 Å². The van der Waals surface area contributed by atoms with Gasteiger partial charge in [0.15, 0.2) is 5.76 Å². The number of anilines is 1. The molecule has 0 N–H and O–H groups in total. The second kappa shape index (κ2) is 7.08. The molecule has 4 rings (SSSR count). The Morgan fingerprint density at radius 2 is 1.83 bits per heavy atom. The minimum atomic E-state index is -3.67. The average molecular weight is 417 g/mol. The van der Waals surface area contributed by atoms with Gasteiger partial charge in [-0.1, -0.05) is 5.16 Å². The largest absolute Gasteiger partial charge is 0.360 e. The predicted molar refractivity (Wildman–Crippen MR) is 105 cm³/mol.